The molecule has 1 aliphatic heterocycles. The predicted octanol–water partition coefficient (Wildman–Crippen LogP) is 0.756. The first-order chi connectivity index (χ1) is 6.68. The van der Waals surface area contributed by atoms with Crippen LogP contribution in [-0.4, -0.2) is 24.0 Å². The van der Waals surface area contributed by atoms with Crippen LogP contribution < -0.4 is 10.4 Å². The molecule has 0 aromatic heterocycles. The minimum absolute atomic E-state index is 0.0637. The zero-order valence-corrected chi connectivity index (χ0v) is 7.56. The second-order valence-electron chi connectivity index (χ2n) is 2.93. The Morgan fingerprint density at radius 2 is 2.21 bits per heavy atom. The zero-order chi connectivity index (χ0) is 10.1. The Morgan fingerprint density at radius 3 is 2.93 bits per heavy atom. The number of aliphatic imine (C=N–C) groups is 1. The molecule has 1 aromatic rings. The highest BCUT2D eigenvalue weighted by Crippen LogP contribution is 2.28. The van der Waals surface area contributed by atoms with E-state index in [2.05, 4.69) is 10.4 Å². The van der Waals surface area contributed by atoms with E-state index < -0.39 is 5.97 Å². The number of rotatable bonds is 1. The SMILES string of the molecule is CN1NC(C(=O)O)=Nc2ccccc21. The number of hydrogen-bond acceptors (Lipinski definition) is 4. The highest BCUT2D eigenvalue weighted by molar-refractivity contribution is 6.35. The van der Waals surface area contributed by atoms with Crippen molar-refractivity contribution in [3.8, 4) is 0 Å². The van der Waals surface area contributed by atoms with Gasteiger partial charge in [-0.25, -0.2) is 9.79 Å². The molecule has 2 N–H and O–H groups in total. The van der Waals surface area contributed by atoms with Gasteiger partial charge in [-0.2, -0.15) is 0 Å². The molecule has 0 fully saturated rings. The molecule has 0 saturated carbocycles. The standard InChI is InChI=1S/C9H9N3O2/c1-12-7-5-3-2-4-6(7)10-8(11-12)9(13)14/h2-5H,1H3,(H,10,11)(H,13,14). The number of benzene rings is 1. The van der Waals surface area contributed by atoms with Crippen molar-refractivity contribution in [1.29, 1.82) is 0 Å². The molecule has 0 aliphatic carbocycles. The number of anilines is 1. The number of hydrogen-bond donors (Lipinski definition) is 2. The molecule has 72 valence electrons. The number of fused-ring (bicyclic) bond motifs is 1. The van der Waals surface area contributed by atoms with E-state index in [1.54, 1.807) is 18.1 Å². The highest BCUT2D eigenvalue weighted by atomic mass is 16.4. The number of carboxylic acids is 1. The lowest BCUT2D eigenvalue weighted by atomic mass is 10.2. The third kappa shape index (κ3) is 1.28. The number of carbonyl (C=O) groups is 1. The molecule has 0 atom stereocenters. The topological polar surface area (TPSA) is 64.9 Å². The number of aliphatic carboxylic acids is 1. The van der Waals surface area contributed by atoms with Gasteiger partial charge in [0, 0.05) is 7.05 Å². The first-order valence-electron chi connectivity index (χ1n) is 4.10. The van der Waals surface area contributed by atoms with Crippen LogP contribution in [0.3, 0.4) is 0 Å². The summed E-state index contributed by atoms with van der Waals surface area (Å²) in [5.41, 5.74) is 4.17. The number of carboxylic acid groups (broad SMARTS) is 1. The van der Waals surface area contributed by atoms with Crippen LogP contribution in [0.1, 0.15) is 0 Å². The molecule has 5 nitrogen and oxygen atoms in total. The van der Waals surface area contributed by atoms with Gasteiger partial charge in [0.2, 0.25) is 5.84 Å². The normalized spacial score (nSPS) is 14.1. The molecule has 0 bridgehead atoms. The van der Waals surface area contributed by atoms with E-state index in [0.29, 0.717) is 5.69 Å². The van der Waals surface area contributed by atoms with Gasteiger partial charge in [-0.3, -0.25) is 10.4 Å². The van der Waals surface area contributed by atoms with Crippen LogP contribution in [0.25, 0.3) is 0 Å². The molecule has 14 heavy (non-hydrogen) atoms. The Labute approximate surface area is 80.7 Å². The molecule has 0 amide bonds. The van der Waals surface area contributed by atoms with Gasteiger partial charge in [-0.1, -0.05) is 12.1 Å². The second-order valence-corrected chi connectivity index (χ2v) is 2.93. The smallest absolute Gasteiger partial charge is 0.373 e. The van der Waals surface area contributed by atoms with Gasteiger partial charge in [0.1, 0.15) is 0 Å². The zero-order valence-electron chi connectivity index (χ0n) is 7.56. The van der Waals surface area contributed by atoms with E-state index in [1.807, 2.05) is 18.2 Å². The van der Waals surface area contributed by atoms with Gasteiger partial charge < -0.3 is 5.11 Å². The monoisotopic (exact) mass is 191 g/mol. The van der Waals surface area contributed by atoms with Crippen molar-refractivity contribution in [2.24, 2.45) is 4.99 Å². The van der Waals surface area contributed by atoms with Crippen molar-refractivity contribution in [2.75, 3.05) is 12.1 Å². The second kappa shape index (κ2) is 3.02. The van der Waals surface area contributed by atoms with E-state index in [9.17, 15) is 4.79 Å². The molecular formula is C9H9N3O2. The lowest BCUT2D eigenvalue weighted by molar-refractivity contribution is -0.129. The van der Waals surface area contributed by atoms with Gasteiger partial charge in [0.25, 0.3) is 0 Å². The average Bonchev–Trinajstić information content (AvgIpc) is 2.17. The van der Waals surface area contributed by atoms with Gasteiger partial charge in [-0.05, 0) is 12.1 Å². The van der Waals surface area contributed by atoms with E-state index in [1.165, 1.54) is 0 Å². The lowest BCUT2D eigenvalue weighted by Gasteiger charge is -2.26. The van der Waals surface area contributed by atoms with Crippen molar-refractivity contribution < 1.29 is 9.90 Å². The molecule has 0 unspecified atom stereocenters. The van der Waals surface area contributed by atoms with Crippen molar-refractivity contribution in [2.45, 2.75) is 0 Å². The molecule has 1 aromatic carbocycles. The van der Waals surface area contributed by atoms with Gasteiger partial charge in [0.05, 0.1) is 11.4 Å². The highest BCUT2D eigenvalue weighted by Gasteiger charge is 2.19. The molecule has 1 heterocycles. The number of nitrogens with one attached hydrogen (secondary N) is 1. The fourth-order valence-electron chi connectivity index (χ4n) is 1.30. The van der Waals surface area contributed by atoms with Crippen molar-refractivity contribution >= 4 is 23.2 Å². The van der Waals surface area contributed by atoms with Crippen LogP contribution in [0.15, 0.2) is 29.3 Å². The molecule has 1 aliphatic rings. The van der Waals surface area contributed by atoms with E-state index >= 15 is 0 Å². The first-order valence-corrected chi connectivity index (χ1v) is 4.10. The maximum absolute atomic E-state index is 10.7. The summed E-state index contributed by atoms with van der Waals surface area (Å²) in [6.07, 6.45) is 0. The van der Waals surface area contributed by atoms with Crippen LogP contribution in [-0.2, 0) is 4.79 Å². The summed E-state index contributed by atoms with van der Waals surface area (Å²) in [5.74, 6) is -1.13. The third-order valence-corrected chi connectivity index (χ3v) is 1.95. The maximum atomic E-state index is 10.7. The van der Waals surface area contributed by atoms with Crippen LogP contribution in [0.5, 0.6) is 0 Å². The predicted molar refractivity (Wildman–Crippen MR) is 52.7 cm³/mol. The minimum atomic E-state index is -1.06. The Bertz CT molecular complexity index is 414. The average molecular weight is 191 g/mol. The molecule has 0 saturated heterocycles. The van der Waals surface area contributed by atoms with E-state index in [4.69, 9.17) is 5.11 Å². The lowest BCUT2D eigenvalue weighted by Crippen LogP contribution is -2.45. The first kappa shape index (κ1) is 8.55. The summed E-state index contributed by atoms with van der Waals surface area (Å²) >= 11 is 0. The third-order valence-electron chi connectivity index (χ3n) is 1.95. The van der Waals surface area contributed by atoms with Gasteiger partial charge >= 0.3 is 5.97 Å². The Kier molecular flexibility index (Phi) is 1.85. The van der Waals surface area contributed by atoms with Crippen molar-refractivity contribution in [1.82, 2.24) is 5.43 Å². The number of hydrazine groups is 1. The van der Waals surface area contributed by atoms with Crippen molar-refractivity contribution in [3.63, 3.8) is 0 Å². The number of para-hydroxylation sites is 2. The fourth-order valence-corrected chi connectivity index (χ4v) is 1.30. The molecule has 2 rings (SSSR count). The summed E-state index contributed by atoms with van der Waals surface area (Å²) in [6.45, 7) is 0. The molecule has 0 spiro atoms. The molecular weight excluding hydrogens is 182 g/mol. The summed E-state index contributed by atoms with van der Waals surface area (Å²) in [6, 6.07) is 7.33. The van der Waals surface area contributed by atoms with Crippen LogP contribution in [0.4, 0.5) is 11.4 Å². The fraction of sp³-hybridized carbons (Fsp3) is 0.111. The molecule has 5 heteroatoms. The Morgan fingerprint density at radius 1 is 1.50 bits per heavy atom. The number of amidine groups is 1. The van der Waals surface area contributed by atoms with Crippen molar-refractivity contribution in [3.05, 3.63) is 24.3 Å². The Hall–Kier alpha value is -2.04. The van der Waals surface area contributed by atoms with E-state index in [-0.39, 0.29) is 5.84 Å². The summed E-state index contributed by atoms with van der Waals surface area (Å²) in [4.78, 5) is 14.6. The largest absolute Gasteiger partial charge is 0.475 e. The summed E-state index contributed by atoms with van der Waals surface area (Å²) in [5, 5.41) is 10.4. The van der Waals surface area contributed by atoms with Gasteiger partial charge in [-0.15, -0.1) is 0 Å². The quantitative estimate of drug-likeness (QED) is 0.687. The van der Waals surface area contributed by atoms with Gasteiger partial charge in [0.15, 0.2) is 0 Å². The molecule has 0 radical (unpaired) electrons. The minimum Gasteiger partial charge on any atom is -0.475 e. The summed E-state index contributed by atoms with van der Waals surface area (Å²) < 4.78 is 0. The van der Waals surface area contributed by atoms with Crippen LogP contribution in [0.2, 0.25) is 0 Å². The van der Waals surface area contributed by atoms with Crippen LogP contribution >= 0.6 is 0 Å². The summed E-state index contributed by atoms with van der Waals surface area (Å²) in [7, 11) is 1.75. The van der Waals surface area contributed by atoms with Crippen LogP contribution in [0, 0.1) is 0 Å². The maximum Gasteiger partial charge on any atom is 0.373 e. The Balaban J connectivity index is 2.50. The number of nitrogens with zero attached hydrogens (tertiary/aromatic N) is 2. The van der Waals surface area contributed by atoms with E-state index in [0.717, 1.165) is 5.69 Å².